The fraction of sp³-hybridized carbons (Fsp3) is 0.189. The van der Waals surface area contributed by atoms with E-state index in [4.69, 9.17) is 23.2 Å². The average Bonchev–Trinajstić information content (AvgIpc) is 3.13. The number of nitrogens with zero attached hydrogens (tertiary/aromatic N) is 6. The van der Waals surface area contributed by atoms with Gasteiger partial charge in [-0.05, 0) is 66.1 Å². The van der Waals surface area contributed by atoms with Crippen LogP contribution < -0.4 is 20.9 Å². The Bertz CT molecular complexity index is 2140. The number of halogens is 2. The van der Waals surface area contributed by atoms with E-state index in [-0.39, 0.29) is 47.8 Å². The van der Waals surface area contributed by atoms with Gasteiger partial charge in [0.1, 0.15) is 23.4 Å². The van der Waals surface area contributed by atoms with Crippen molar-refractivity contribution in [3.63, 3.8) is 0 Å². The highest BCUT2D eigenvalue weighted by Crippen LogP contribution is 2.23. The molecule has 0 saturated heterocycles. The minimum Gasteiger partial charge on any atom is -0.304 e. The number of para-hydroxylation sites is 2. The molecule has 0 aliphatic carbocycles. The van der Waals surface area contributed by atoms with Gasteiger partial charge in [-0.2, -0.15) is 0 Å². The topological polar surface area (TPSA) is 110 Å². The molecule has 0 fully saturated rings. The van der Waals surface area contributed by atoms with Crippen LogP contribution in [0.25, 0.3) is 21.8 Å². The Hall–Kier alpha value is -5.32. The molecule has 0 atom stereocenters. The zero-order chi connectivity index (χ0) is 34.7. The molecule has 4 aromatic carbocycles. The van der Waals surface area contributed by atoms with Gasteiger partial charge in [0.05, 0.1) is 34.9 Å². The van der Waals surface area contributed by atoms with Crippen molar-refractivity contribution in [1.29, 1.82) is 0 Å². The lowest BCUT2D eigenvalue weighted by Crippen LogP contribution is -2.35. The lowest BCUT2D eigenvalue weighted by molar-refractivity contribution is -0.117. The van der Waals surface area contributed by atoms with Crippen LogP contribution in [0, 0.1) is 0 Å². The summed E-state index contributed by atoms with van der Waals surface area (Å²) in [5, 5.41) is 1.02. The van der Waals surface area contributed by atoms with Crippen molar-refractivity contribution in [3.8, 4) is 0 Å². The van der Waals surface area contributed by atoms with Gasteiger partial charge in [0.15, 0.2) is 0 Å². The third-order valence-electron chi connectivity index (χ3n) is 8.49. The number of carbonyl (C=O) groups is 2. The van der Waals surface area contributed by atoms with Crippen LogP contribution in [-0.2, 0) is 43.2 Å². The van der Waals surface area contributed by atoms with Gasteiger partial charge in [-0.25, -0.2) is 9.97 Å². The summed E-state index contributed by atoms with van der Waals surface area (Å²) in [4.78, 5) is 64.1. The molecule has 0 N–H and O–H groups in total. The first kappa shape index (κ1) is 33.6. The van der Waals surface area contributed by atoms with Gasteiger partial charge >= 0.3 is 0 Å². The number of amides is 2. The van der Waals surface area contributed by atoms with Crippen molar-refractivity contribution < 1.29 is 9.59 Å². The number of fused-ring (bicyclic) bond motifs is 2. The number of carbonyl (C=O) groups excluding carboxylic acids is 2. The molecule has 0 aliphatic rings. The zero-order valence-corrected chi connectivity index (χ0v) is 28.4. The van der Waals surface area contributed by atoms with Crippen LogP contribution in [-0.4, -0.2) is 42.7 Å². The third-order valence-corrected chi connectivity index (χ3v) is 8.94. The minimum atomic E-state index is -0.317. The maximum atomic E-state index is 12.9. The smallest absolute Gasteiger partial charge is 0.261 e. The lowest BCUT2D eigenvalue weighted by atomic mass is 10.0. The van der Waals surface area contributed by atoms with E-state index in [1.54, 1.807) is 50.5 Å². The molecule has 0 aliphatic heterocycles. The van der Waals surface area contributed by atoms with Crippen molar-refractivity contribution >= 4 is 68.2 Å². The van der Waals surface area contributed by atoms with Gasteiger partial charge in [-0.3, -0.25) is 28.3 Å². The molecule has 6 aromatic rings. The molecule has 10 nitrogen and oxygen atoms in total. The second-order valence-electron chi connectivity index (χ2n) is 11.6. The fourth-order valence-corrected chi connectivity index (χ4v) is 6.00. The maximum absolute atomic E-state index is 12.9. The predicted molar refractivity (Wildman–Crippen MR) is 193 cm³/mol. The van der Waals surface area contributed by atoms with E-state index < -0.39 is 0 Å². The number of hydrogen-bond acceptors (Lipinski definition) is 6. The second kappa shape index (κ2) is 14.4. The van der Waals surface area contributed by atoms with E-state index >= 15 is 0 Å². The Morgan fingerprint density at radius 1 is 0.592 bits per heavy atom. The Kier molecular flexibility index (Phi) is 9.89. The predicted octanol–water partition coefficient (Wildman–Crippen LogP) is 5.32. The van der Waals surface area contributed by atoms with Crippen LogP contribution in [0.15, 0.2) is 107 Å². The molecule has 0 radical (unpaired) electrons. The molecule has 49 heavy (non-hydrogen) atoms. The summed E-state index contributed by atoms with van der Waals surface area (Å²) in [7, 11) is 3.28. The van der Waals surface area contributed by atoms with Crippen molar-refractivity contribution in [1.82, 2.24) is 19.1 Å². The molecular formula is C37H32Cl2N6O4. The third kappa shape index (κ3) is 6.97. The highest BCUT2D eigenvalue weighted by molar-refractivity contribution is 6.29. The highest BCUT2D eigenvalue weighted by Gasteiger charge is 2.21. The average molecular weight is 696 g/mol. The monoisotopic (exact) mass is 694 g/mol. The van der Waals surface area contributed by atoms with Crippen LogP contribution >= 0.6 is 23.2 Å². The van der Waals surface area contributed by atoms with E-state index in [1.807, 2.05) is 60.7 Å². The molecular weight excluding hydrogens is 663 g/mol. The molecule has 248 valence electrons. The van der Waals surface area contributed by atoms with Crippen molar-refractivity contribution in [3.05, 3.63) is 141 Å². The summed E-state index contributed by atoms with van der Waals surface area (Å²) < 4.78 is 2.91. The van der Waals surface area contributed by atoms with Gasteiger partial charge < -0.3 is 9.80 Å². The first-order chi connectivity index (χ1) is 23.7. The molecule has 2 heterocycles. The van der Waals surface area contributed by atoms with Crippen LogP contribution in [0.4, 0.5) is 11.4 Å². The fourth-order valence-electron chi connectivity index (χ4n) is 5.71. The Balaban J connectivity index is 1.20. The van der Waals surface area contributed by atoms with Gasteiger partial charge in [0, 0.05) is 25.5 Å². The number of benzene rings is 4. The van der Waals surface area contributed by atoms with E-state index in [0.29, 0.717) is 51.3 Å². The largest absolute Gasteiger partial charge is 0.304 e. The SMILES string of the molecule is Cn1c(CN(C(=O)CCl)c2ccc(Cc3ccc(N(Cc4nc5ccccc5c(=O)n4C)C(=O)CCl)cc3)cc2)nc2ccccc2c1=O. The summed E-state index contributed by atoms with van der Waals surface area (Å²) in [6, 6.07) is 29.3. The number of alkyl halides is 2. The first-order valence-corrected chi connectivity index (χ1v) is 16.5. The van der Waals surface area contributed by atoms with Gasteiger partial charge in [-0.15, -0.1) is 23.2 Å². The summed E-state index contributed by atoms with van der Waals surface area (Å²) in [5.41, 5.74) is 3.98. The Morgan fingerprint density at radius 2 is 0.959 bits per heavy atom. The van der Waals surface area contributed by atoms with Crippen LogP contribution in [0.3, 0.4) is 0 Å². The molecule has 6 rings (SSSR count). The molecule has 0 saturated carbocycles. The van der Waals surface area contributed by atoms with E-state index in [0.717, 1.165) is 11.1 Å². The standard InChI is InChI=1S/C37H32Cl2N6O4/c1-42-32(40-30-9-5-3-7-28(30)36(42)48)22-44(34(46)20-38)26-15-11-24(12-16-26)19-25-13-17-27(18-14-25)45(35(47)21-39)23-33-41-31-10-6-4-8-29(31)37(49)43(33)2/h3-18H,19-23H2,1-2H3. The van der Waals surface area contributed by atoms with Gasteiger partial charge in [0.25, 0.3) is 11.1 Å². The number of rotatable bonds is 10. The van der Waals surface area contributed by atoms with E-state index in [2.05, 4.69) is 9.97 Å². The van der Waals surface area contributed by atoms with Crippen molar-refractivity contribution in [2.75, 3.05) is 21.6 Å². The molecule has 2 aromatic heterocycles. The highest BCUT2D eigenvalue weighted by atomic mass is 35.5. The number of aromatic nitrogens is 4. The van der Waals surface area contributed by atoms with Crippen LogP contribution in [0.1, 0.15) is 22.8 Å². The summed E-state index contributed by atoms with van der Waals surface area (Å²) in [5.74, 6) is -0.221. The zero-order valence-electron chi connectivity index (χ0n) is 26.8. The molecule has 0 unspecified atom stereocenters. The maximum Gasteiger partial charge on any atom is 0.261 e. The Labute approximate surface area is 291 Å². The Morgan fingerprint density at radius 3 is 1.33 bits per heavy atom. The second-order valence-corrected chi connectivity index (χ2v) is 12.1. The summed E-state index contributed by atoms with van der Waals surface area (Å²) >= 11 is 12.0. The van der Waals surface area contributed by atoms with Crippen molar-refractivity contribution in [2.24, 2.45) is 14.1 Å². The van der Waals surface area contributed by atoms with E-state index in [9.17, 15) is 19.2 Å². The van der Waals surface area contributed by atoms with Crippen LogP contribution in [0.2, 0.25) is 0 Å². The van der Waals surface area contributed by atoms with Crippen molar-refractivity contribution in [2.45, 2.75) is 19.5 Å². The van der Waals surface area contributed by atoms with Gasteiger partial charge in [0.2, 0.25) is 11.8 Å². The minimum absolute atomic E-state index is 0.0728. The molecule has 0 bridgehead atoms. The molecule has 0 spiro atoms. The quantitative estimate of drug-likeness (QED) is 0.180. The number of anilines is 2. The summed E-state index contributed by atoms with van der Waals surface area (Å²) in [6.45, 7) is 0.146. The van der Waals surface area contributed by atoms with Crippen LogP contribution in [0.5, 0.6) is 0 Å². The number of hydrogen-bond donors (Lipinski definition) is 0. The van der Waals surface area contributed by atoms with E-state index in [1.165, 1.54) is 18.9 Å². The normalized spacial score (nSPS) is 11.2. The summed E-state index contributed by atoms with van der Waals surface area (Å²) in [6.07, 6.45) is 0.592. The lowest BCUT2D eigenvalue weighted by Gasteiger charge is -2.23. The molecule has 2 amide bonds. The van der Waals surface area contributed by atoms with Gasteiger partial charge in [-0.1, -0.05) is 48.5 Å². The first-order valence-electron chi connectivity index (χ1n) is 15.5. The molecule has 12 heteroatoms.